The van der Waals surface area contributed by atoms with Crippen LogP contribution in [0.15, 0.2) is 0 Å². The number of aliphatic hydroxyl groups excluding tert-OH is 2. The highest BCUT2D eigenvalue weighted by Crippen LogP contribution is 1.98. The molecule has 0 rings (SSSR count). The molecule has 150 valence electrons. The number of nitrogens with two attached hydrogens (primary N) is 2. The van der Waals surface area contributed by atoms with E-state index in [2.05, 4.69) is 10.7 Å². The van der Waals surface area contributed by atoms with Gasteiger partial charge in [-0.2, -0.15) is 0 Å². The minimum Gasteiger partial charge on any atom is -0.480 e. The maximum atomic E-state index is 12.3. The van der Waals surface area contributed by atoms with Gasteiger partial charge >= 0.3 is 12.0 Å². The van der Waals surface area contributed by atoms with Gasteiger partial charge in [-0.3, -0.25) is 14.6 Å². The van der Waals surface area contributed by atoms with Gasteiger partial charge in [0, 0.05) is 19.6 Å². The minimum absolute atomic E-state index is 0.0288. The van der Waals surface area contributed by atoms with Crippen LogP contribution in [-0.2, 0) is 14.4 Å². The zero-order chi connectivity index (χ0) is 20.4. The number of hydrazine groups is 1. The molecular formula is C13H26N6O7. The third-order valence-corrected chi connectivity index (χ3v) is 3.31. The van der Waals surface area contributed by atoms with E-state index >= 15 is 0 Å². The highest BCUT2D eigenvalue weighted by atomic mass is 16.4. The van der Waals surface area contributed by atoms with Crippen LogP contribution in [0, 0.1) is 0 Å². The lowest BCUT2D eigenvalue weighted by molar-refractivity contribution is -0.140. The number of amides is 4. The average molecular weight is 378 g/mol. The van der Waals surface area contributed by atoms with Crippen molar-refractivity contribution in [2.45, 2.75) is 37.6 Å². The monoisotopic (exact) mass is 378 g/mol. The Hall–Kier alpha value is -2.48. The number of nitrogens with one attached hydrogen (secondary N) is 3. The number of hydrogen-bond donors (Lipinski definition) is 8. The molecule has 0 aromatic rings. The summed E-state index contributed by atoms with van der Waals surface area (Å²) in [5.74, 6) is -3.12. The molecule has 0 radical (unpaired) electrons. The smallest absolute Gasteiger partial charge is 0.328 e. The number of primary amides is 1. The predicted octanol–water partition coefficient (Wildman–Crippen LogP) is -4.35. The summed E-state index contributed by atoms with van der Waals surface area (Å²) in [5, 5.41) is 32.0. The van der Waals surface area contributed by atoms with Crippen LogP contribution in [0.2, 0.25) is 0 Å². The van der Waals surface area contributed by atoms with Gasteiger partial charge in [-0.05, 0) is 6.92 Å². The lowest BCUT2D eigenvalue weighted by Crippen LogP contribution is -2.58. The van der Waals surface area contributed by atoms with Crippen molar-refractivity contribution in [3.63, 3.8) is 0 Å². The van der Waals surface area contributed by atoms with Crippen molar-refractivity contribution in [2.24, 2.45) is 11.5 Å². The molecule has 13 heteroatoms. The van der Waals surface area contributed by atoms with Gasteiger partial charge in [0.1, 0.15) is 6.04 Å². The van der Waals surface area contributed by atoms with Crippen molar-refractivity contribution in [1.29, 1.82) is 0 Å². The van der Waals surface area contributed by atoms with Crippen molar-refractivity contribution in [3.8, 4) is 0 Å². The molecule has 0 saturated carbocycles. The van der Waals surface area contributed by atoms with E-state index in [0.29, 0.717) is 0 Å². The molecule has 10 N–H and O–H groups in total. The first-order valence-corrected chi connectivity index (χ1v) is 7.63. The molecule has 4 atom stereocenters. The number of rotatable bonds is 11. The van der Waals surface area contributed by atoms with Crippen LogP contribution in [-0.4, -0.2) is 88.6 Å². The molecule has 0 aliphatic carbocycles. The summed E-state index contributed by atoms with van der Waals surface area (Å²) in [4.78, 5) is 46.0. The van der Waals surface area contributed by atoms with Crippen LogP contribution in [0.5, 0.6) is 0 Å². The largest absolute Gasteiger partial charge is 0.480 e. The van der Waals surface area contributed by atoms with E-state index in [1.165, 1.54) is 14.0 Å². The minimum atomic E-state index is -1.58. The third kappa shape index (κ3) is 8.57. The van der Waals surface area contributed by atoms with E-state index in [9.17, 15) is 24.3 Å². The Morgan fingerprint density at radius 2 is 1.69 bits per heavy atom. The number of hydrogen-bond acceptors (Lipinski definition) is 8. The van der Waals surface area contributed by atoms with E-state index in [0.717, 1.165) is 5.01 Å². The van der Waals surface area contributed by atoms with Crippen LogP contribution in [0.1, 0.15) is 13.3 Å². The van der Waals surface area contributed by atoms with Gasteiger partial charge in [-0.15, -0.1) is 0 Å². The van der Waals surface area contributed by atoms with Crippen LogP contribution in [0.4, 0.5) is 4.79 Å². The summed E-state index contributed by atoms with van der Waals surface area (Å²) < 4.78 is 0. The van der Waals surface area contributed by atoms with Crippen LogP contribution in [0.25, 0.3) is 0 Å². The second-order valence-corrected chi connectivity index (χ2v) is 5.58. The highest BCUT2D eigenvalue weighted by Gasteiger charge is 2.28. The van der Waals surface area contributed by atoms with Gasteiger partial charge in [0.05, 0.1) is 19.1 Å². The molecule has 0 heterocycles. The normalized spacial score (nSPS) is 15.3. The molecule has 0 saturated heterocycles. The fourth-order valence-electron chi connectivity index (χ4n) is 1.67. The molecule has 0 aliphatic rings. The number of likely N-dealkylation sites (N-methyl/N-ethyl adjacent to an activating group) is 1. The fourth-order valence-corrected chi connectivity index (χ4v) is 1.67. The number of aliphatic carboxylic acids is 1. The predicted molar refractivity (Wildman–Crippen MR) is 88.2 cm³/mol. The quantitative estimate of drug-likeness (QED) is 0.162. The molecular weight excluding hydrogens is 352 g/mol. The van der Waals surface area contributed by atoms with Crippen LogP contribution in [0.3, 0.4) is 0 Å². The SMILES string of the molecule is CC(O)[C@H](N)CNN(C)C(=O)[C@H](CC(N)=O)NC(=O)N[C@@H](CO)C(=O)O. The van der Waals surface area contributed by atoms with Crippen LogP contribution < -0.4 is 27.5 Å². The average Bonchev–Trinajstić information content (AvgIpc) is 2.54. The highest BCUT2D eigenvalue weighted by molar-refractivity contribution is 5.91. The Morgan fingerprint density at radius 1 is 1.15 bits per heavy atom. The number of carbonyl (C=O) groups is 4. The Morgan fingerprint density at radius 3 is 2.12 bits per heavy atom. The number of aliphatic hydroxyl groups is 2. The van der Waals surface area contributed by atoms with E-state index in [1.54, 1.807) is 0 Å². The fraction of sp³-hybridized carbons (Fsp3) is 0.692. The van der Waals surface area contributed by atoms with Crippen molar-refractivity contribution >= 4 is 23.8 Å². The van der Waals surface area contributed by atoms with Crippen LogP contribution >= 0.6 is 0 Å². The number of carbonyl (C=O) groups excluding carboxylic acids is 3. The molecule has 0 aromatic heterocycles. The van der Waals surface area contributed by atoms with Crippen molar-refractivity contribution < 1.29 is 34.5 Å². The maximum absolute atomic E-state index is 12.3. The zero-order valence-electron chi connectivity index (χ0n) is 14.5. The second-order valence-electron chi connectivity index (χ2n) is 5.58. The molecule has 0 aliphatic heterocycles. The van der Waals surface area contributed by atoms with Gasteiger partial charge in [0.15, 0.2) is 6.04 Å². The first kappa shape index (κ1) is 23.5. The summed E-state index contributed by atoms with van der Waals surface area (Å²) in [7, 11) is 1.30. The molecule has 13 nitrogen and oxygen atoms in total. The summed E-state index contributed by atoms with van der Waals surface area (Å²) in [5.41, 5.74) is 13.3. The second kappa shape index (κ2) is 11.2. The Bertz CT molecular complexity index is 515. The number of urea groups is 1. The summed E-state index contributed by atoms with van der Waals surface area (Å²) in [6, 6.07) is -4.72. The topological polar surface area (TPSA) is 220 Å². The molecule has 1 unspecified atom stereocenters. The molecule has 0 bridgehead atoms. The standard InChI is InChI=1S/C13H26N6O7/c1-6(21)7(14)4-16-19(2)11(23)8(3-10(15)22)17-13(26)18-9(5-20)12(24)25/h6-9,16,20-21H,3-5,14H2,1-2H3,(H2,15,22)(H,24,25)(H2,17,18,26)/t6?,7-,8+,9+/m1/s1. The Balaban J connectivity index is 4.90. The van der Waals surface area contributed by atoms with E-state index in [-0.39, 0.29) is 6.54 Å². The Labute approximate surface area is 149 Å². The van der Waals surface area contributed by atoms with Crippen molar-refractivity contribution in [1.82, 2.24) is 21.1 Å². The zero-order valence-corrected chi connectivity index (χ0v) is 14.5. The molecule has 26 heavy (non-hydrogen) atoms. The van der Waals surface area contributed by atoms with Crippen molar-refractivity contribution in [2.75, 3.05) is 20.2 Å². The van der Waals surface area contributed by atoms with E-state index in [4.69, 9.17) is 21.7 Å². The van der Waals surface area contributed by atoms with Gasteiger partial charge in [-0.25, -0.2) is 15.0 Å². The maximum Gasteiger partial charge on any atom is 0.328 e. The molecule has 0 fully saturated rings. The summed E-state index contributed by atoms with van der Waals surface area (Å²) >= 11 is 0. The molecule has 4 amide bonds. The van der Waals surface area contributed by atoms with Gasteiger partial charge in [0.25, 0.3) is 5.91 Å². The lowest BCUT2D eigenvalue weighted by atomic mass is 10.2. The van der Waals surface area contributed by atoms with Gasteiger partial charge in [0.2, 0.25) is 5.91 Å². The van der Waals surface area contributed by atoms with Crippen molar-refractivity contribution in [3.05, 3.63) is 0 Å². The van der Waals surface area contributed by atoms with Gasteiger partial charge < -0.3 is 37.4 Å². The van der Waals surface area contributed by atoms with E-state index in [1.807, 2.05) is 5.32 Å². The molecule has 0 aromatic carbocycles. The first-order valence-electron chi connectivity index (χ1n) is 7.63. The molecule has 0 spiro atoms. The van der Waals surface area contributed by atoms with Gasteiger partial charge in [-0.1, -0.05) is 0 Å². The number of nitrogens with zero attached hydrogens (tertiary/aromatic N) is 1. The third-order valence-electron chi connectivity index (χ3n) is 3.31. The lowest BCUT2D eigenvalue weighted by Gasteiger charge is -2.26. The van der Waals surface area contributed by atoms with E-state index < -0.39 is 61.1 Å². The first-order chi connectivity index (χ1) is 12.0. The summed E-state index contributed by atoms with van der Waals surface area (Å²) in [6.07, 6.45) is -1.37. The summed E-state index contributed by atoms with van der Waals surface area (Å²) in [6.45, 7) is 0.632. The number of carboxylic acid groups (broad SMARTS) is 1. The number of carboxylic acids is 1. The Kier molecular flexibility index (Phi) is 10.1.